The van der Waals surface area contributed by atoms with Gasteiger partial charge in [-0.15, -0.1) is 11.3 Å². The van der Waals surface area contributed by atoms with Gasteiger partial charge in [-0.25, -0.2) is 4.98 Å². The monoisotopic (exact) mass is 195 g/mol. The van der Waals surface area contributed by atoms with Crippen LogP contribution < -0.4 is 4.90 Å². The van der Waals surface area contributed by atoms with Gasteiger partial charge in [-0.2, -0.15) is 5.26 Å². The van der Waals surface area contributed by atoms with E-state index in [2.05, 4.69) is 22.9 Å². The highest BCUT2D eigenvalue weighted by molar-refractivity contribution is 7.13. The third kappa shape index (κ3) is 2.71. The maximum Gasteiger partial charge on any atom is 0.185 e. The first-order chi connectivity index (χ1) is 6.27. The maximum absolute atomic E-state index is 8.68. The van der Waals surface area contributed by atoms with Crippen molar-refractivity contribution >= 4 is 16.5 Å². The smallest absolute Gasteiger partial charge is 0.185 e. The SMILES string of the molecule is CCN(CC(C)C#N)c1nccs1. The summed E-state index contributed by atoms with van der Waals surface area (Å²) in [5.41, 5.74) is 0. The van der Waals surface area contributed by atoms with Crippen LogP contribution in [0.2, 0.25) is 0 Å². The van der Waals surface area contributed by atoms with E-state index in [0.717, 1.165) is 18.2 Å². The van der Waals surface area contributed by atoms with Gasteiger partial charge in [0, 0.05) is 24.7 Å². The number of rotatable bonds is 4. The fourth-order valence-corrected chi connectivity index (χ4v) is 1.80. The first kappa shape index (κ1) is 10.0. The van der Waals surface area contributed by atoms with E-state index in [-0.39, 0.29) is 5.92 Å². The summed E-state index contributed by atoms with van der Waals surface area (Å²) in [4.78, 5) is 6.33. The molecule has 1 atom stereocenters. The normalized spacial score (nSPS) is 12.1. The highest BCUT2D eigenvalue weighted by Crippen LogP contribution is 2.17. The molecule has 0 saturated heterocycles. The highest BCUT2D eigenvalue weighted by atomic mass is 32.1. The van der Waals surface area contributed by atoms with Gasteiger partial charge < -0.3 is 4.90 Å². The van der Waals surface area contributed by atoms with E-state index in [1.807, 2.05) is 12.3 Å². The Morgan fingerprint density at radius 3 is 3.00 bits per heavy atom. The molecule has 0 saturated carbocycles. The molecule has 0 aliphatic rings. The summed E-state index contributed by atoms with van der Waals surface area (Å²) >= 11 is 1.61. The van der Waals surface area contributed by atoms with E-state index < -0.39 is 0 Å². The molecular weight excluding hydrogens is 182 g/mol. The number of anilines is 1. The van der Waals surface area contributed by atoms with Crippen molar-refractivity contribution in [1.82, 2.24) is 4.98 Å². The average Bonchev–Trinajstić information content (AvgIpc) is 2.66. The molecule has 4 heteroatoms. The molecule has 0 spiro atoms. The molecule has 1 aromatic rings. The minimum Gasteiger partial charge on any atom is -0.347 e. The van der Waals surface area contributed by atoms with Crippen LogP contribution in [0.5, 0.6) is 0 Å². The Labute approximate surface area is 82.6 Å². The number of thiazole rings is 1. The van der Waals surface area contributed by atoms with Crippen LogP contribution in [0.3, 0.4) is 0 Å². The van der Waals surface area contributed by atoms with Crippen molar-refractivity contribution in [2.75, 3.05) is 18.0 Å². The lowest BCUT2D eigenvalue weighted by molar-refractivity contribution is 0.684. The first-order valence-corrected chi connectivity index (χ1v) is 5.20. The van der Waals surface area contributed by atoms with Gasteiger partial charge in [-0.1, -0.05) is 0 Å². The summed E-state index contributed by atoms with van der Waals surface area (Å²) in [5, 5.41) is 11.6. The summed E-state index contributed by atoms with van der Waals surface area (Å²) in [5.74, 6) is 0.0591. The fraction of sp³-hybridized carbons (Fsp3) is 0.556. The Bertz CT molecular complexity index is 276. The van der Waals surface area contributed by atoms with Crippen molar-refractivity contribution in [2.45, 2.75) is 13.8 Å². The topological polar surface area (TPSA) is 39.9 Å². The molecule has 0 fully saturated rings. The largest absolute Gasteiger partial charge is 0.347 e. The van der Waals surface area contributed by atoms with Crippen molar-refractivity contribution in [3.05, 3.63) is 11.6 Å². The van der Waals surface area contributed by atoms with E-state index in [1.165, 1.54) is 0 Å². The Balaban J connectivity index is 2.60. The van der Waals surface area contributed by atoms with Gasteiger partial charge in [0.1, 0.15) is 0 Å². The molecule has 13 heavy (non-hydrogen) atoms. The van der Waals surface area contributed by atoms with E-state index in [4.69, 9.17) is 5.26 Å². The zero-order chi connectivity index (χ0) is 9.68. The zero-order valence-electron chi connectivity index (χ0n) is 7.90. The third-order valence-electron chi connectivity index (χ3n) is 1.79. The Morgan fingerprint density at radius 1 is 1.77 bits per heavy atom. The molecule has 0 aromatic carbocycles. The van der Waals surface area contributed by atoms with Crippen molar-refractivity contribution in [1.29, 1.82) is 5.26 Å². The lowest BCUT2D eigenvalue weighted by atomic mass is 10.2. The molecule has 1 aromatic heterocycles. The number of hydrogen-bond donors (Lipinski definition) is 0. The zero-order valence-corrected chi connectivity index (χ0v) is 8.71. The standard InChI is InChI=1S/C9H13N3S/c1-3-12(7-8(2)6-10)9-11-4-5-13-9/h4-5,8H,3,7H2,1-2H3. The highest BCUT2D eigenvalue weighted by Gasteiger charge is 2.10. The predicted molar refractivity (Wildman–Crippen MR) is 54.8 cm³/mol. The predicted octanol–water partition coefficient (Wildman–Crippen LogP) is 2.13. The number of hydrogen-bond acceptors (Lipinski definition) is 4. The second-order valence-electron chi connectivity index (χ2n) is 2.88. The molecule has 0 amide bonds. The molecule has 0 N–H and O–H groups in total. The minimum absolute atomic E-state index is 0.0591. The lowest BCUT2D eigenvalue weighted by Gasteiger charge is -2.20. The number of aromatic nitrogens is 1. The summed E-state index contributed by atoms with van der Waals surface area (Å²) in [6.07, 6.45) is 1.79. The van der Waals surface area contributed by atoms with Gasteiger partial charge in [-0.3, -0.25) is 0 Å². The first-order valence-electron chi connectivity index (χ1n) is 4.32. The molecule has 3 nitrogen and oxygen atoms in total. The van der Waals surface area contributed by atoms with Gasteiger partial charge in [0.2, 0.25) is 0 Å². The van der Waals surface area contributed by atoms with Crippen LogP contribution in [0.15, 0.2) is 11.6 Å². The Morgan fingerprint density at radius 2 is 2.54 bits per heavy atom. The summed E-state index contributed by atoms with van der Waals surface area (Å²) < 4.78 is 0. The van der Waals surface area contributed by atoms with Crippen molar-refractivity contribution < 1.29 is 0 Å². The van der Waals surface area contributed by atoms with Gasteiger partial charge in [-0.05, 0) is 13.8 Å². The van der Waals surface area contributed by atoms with E-state index in [9.17, 15) is 0 Å². The van der Waals surface area contributed by atoms with Crippen LogP contribution in [0.1, 0.15) is 13.8 Å². The molecule has 1 heterocycles. The molecular formula is C9H13N3S. The third-order valence-corrected chi connectivity index (χ3v) is 2.62. The van der Waals surface area contributed by atoms with Crippen molar-refractivity contribution in [2.24, 2.45) is 5.92 Å². The van der Waals surface area contributed by atoms with Crippen molar-refractivity contribution in [3.8, 4) is 6.07 Å². The summed E-state index contributed by atoms with van der Waals surface area (Å²) in [6, 6.07) is 2.23. The van der Waals surface area contributed by atoms with E-state index >= 15 is 0 Å². The van der Waals surface area contributed by atoms with E-state index in [1.54, 1.807) is 17.5 Å². The second kappa shape index (κ2) is 4.83. The van der Waals surface area contributed by atoms with Crippen LogP contribution >= 0.6 is 11.3 Å². The minimum atomic E-state index is 0.0591. The van der Waals surface area contributed by atoms with Gasteiger partial charge in [0.15, 0.2) is 5.13 Å². The number of nitrogens with zero attached hydrogens (tertiary/aromatic N) is 3. The van der Waals surface area contributed by atoms with Gasteiger partial charge >= 0.3 is 0 Å². The molecule has 0 bridgehead atoms. The Kier molecular flexibility index (Phi) is 3.71. The van der Waals surface area contributed by atoms with Crippen LogP contribution in [-0.4, -0.2) is 18.1 Å². The summed E-state index contributed by atoms with van der Waals surface area (Å²) in [6.45, 7) is 5.67. The van der Waals surface area contributed by atoms with E-state index in [0.29, 0.717) is 0 Å². The quantitative estimate of drug-likeness (QED) is 0.739. The van der Waals surface area contributed by atoms with Crippen LogP contribution in [0.25, 0.3) is 0 Å². The molecule has 0 radical (unpaired) electrons. The fourth-order valence-electron chi connectivity index (χ4n) is 1.09. The maximum atomic E-state index is 8.68. The van der Waals surface area contributed by atoms with Crippen LogP contribution in [0, 0.1) is 17.2 Å². The second-order valence-corrected chi connectivity index (χ2v) is 3.76. The average molecular weight is 195 g/mol. The van der Waals surface area contributed by atoms with Crippen LogP contribution in [-0.2, 0) is 0 Å². The Hall–Kier alpha value is -1.08. The molecule has 0 aliphatic heterocycles. The lowest BCUT2D eigenvalue weighted by Crippen LogP contribution is -2.27. The molecule has 0 aliphatic carbocycles. The number of nitriles is 1. The van der Waals surface area contributed by atoms with Crippen molar-refractivity contribution in [3.63, 3.8) is 0 Å². The van der Waals surface area contributed by atoms with Gasteiger partial charge in [0.25, 0.3) is 0 Å². The molecule has 70 valence electrons. The molecule has 1 rings (SSSR count). The van der Waals surface area contributed by atoms with Crippen LogP contribution in [0.4, 0.5) is 5.13 Å². The molecule has 1 unspecified atom stereocenters. The van der Waals surface area contributed by atoms with Gasteiger partial charge in [0.05, 0.1) is 12.0 Å². The summed E-state index contributed by atoms with van der Waals surface area (Å²) in [7, 11) is 0.